The molecule has 0 spiro atoms. The molecular formula is C18H21N7O. The highest BCUT2D eigenvalue weighted by Crippen LogP contribution is 2.38. The fourth-order valence-corrected chi connectivity index (χ4v) is 3.94. The summed E-state index contributed by atoms with van der Waals surface area (Å²) in [5, 5.41) is 5.54. The summed E-state index contributed by atoms with van der Waals surface area (Å²) < 4.78 is 3.42. The van der Waals surface area contributed by atoms with Crippen LogP contribution in [0.1, 0.15) is 43.5 Å². The van der Waals surface area contributed by atoms with Gasteiger partial charge in [-0.05, 0) is 37.8 Å². The molecule has 1 aliphatic heterocycles. The van der Waals surface area contributed by atoms with Crippen LogP contribution in [0, 0.1) is 0 Å². The number of hydrogen-bond acceptors (Lipinski definition) is 6. The summed E-state index contributed by atoms with van der Waals surface area (Å²) in [7, 11) is 1.75. The zero-order valence-electron chi connectivity index (χ0n) is 14.7. The second kappa shape index (κ2) is 5.89. The van der Waals surface area contributed by atoms with E-state index in [1.807, 2.05) is 16.7 Å². The topological polar surface area (TPSA) is 81.7 Å². The van der Waals surface area contributed by atoms with E-state index in [-0.39, 0.29) is 5.69 Å². The SMILES string of the molecule is Cn1nc(C2CCN(c3ncnc4ncccc34)CC2)n(C2CC2)c1=O. The predicted molar refractivity (Wildman–Crippen MR) is 97.3 cm³/mol. The van der Waals surface area contributed by atoms with Gasteiger partial charge < -0.3 is 4.90 Å². The summed E-state index contributed by atoms with van der Waals surface area (Å²) in [5.41, 5.74) is 0.754. The highest BCUT2D eigenvalue weighted by atomic mass is 16.2. The first-order valence-electron chi connectivity index (χ1n) is 9.18. The highest BCUT2D eigenvalue weighted by Gasteiger charge is 2.33. The van der Waals surface area contributed by atoms with Crippen molar-refractivity contribution < 1.29 is 0 Å². The number of fused-ring (bicyclic) bond motifs is 1. The van der Waals surface area contributed by atoms with E-state index < -0.39 is 0 Å². The molecule has 3 aromatic heterocycles. The maximum absolute atomic E-state index is 12.4. The molecule has 0 aromatic carbocycles. The van der Waals surface area contributed by atoms with Crippen molar-refractivity contribution in [2.45, 2.75) is 37.6 Å². The van der Waals surface area contributed by atoms with Crippen molar-refractivity contribution in [1.29, 1.82) is 0 Å². The fourth-order valence-electron chi connectivity index (χ4n) is 3.94. The molecule has 4 heterocycles. The molecule has 1 saturated heterocycles. The second-order valence-corrected chi connectivity index (χ2v) is 7.20. The van der Waals surface area contributed by atoms with E-state index in [4.69, 9.17) is 0 Å². The zero-order chi connectivity index (χ0) is 17.7. The Morgan fingerprint density at radius 1 is 1.08 bits per heavy atom. The zero-order valence-corrected chi connectivity index (χ0v) is 14.7. The summed E-state index contributed by atoms with van der Waals surface area (Å²) in [4.78, 5) is 27.7. The number of pyridine rings is 1. The molecule has 2 fully saturated rings. The van der Waals surface area contributed by atoms with Gasteiger partial charge in [0.1, 0.15) is 18.0 Å². The number of hydrogen-bond donors (Lipinski definition) is 0. The lowest BCUT2D eigenvalue weighted by atomic mass is 9.95. The molecule has 134 valence electrons. The Kier molecular flexibility index (Phi) is 3.51. The van der Waals surface area contributed by atoms with Crippen LogP contribution in [0.5, 0.6) is 0 Å². The van der Waals surface area contributed by atoms with Gasteiger partial charge in [0, 0.05) is 38.3 Å². The number of aromatic nitrogens is 6. The van der Waals surface area contributed by atoms with Crippen molar-refractivity contribution in [2.24, 2.45) is 7.05 Å². The van der Waals surface area contributed by atoms with Crippen molar-refractivity contribution >= 4 is 16.9 Å². The molecule has 0 atom stereocenters. The van der Waals surface area contributed by atoms with Crippen LogP contribution in [0.25, 0.3) is 11.0 Å². The molecule has 1 saturated carbocycles. The minimum atomic E-state index is 0.0257. The monoisotopic (exact) mass is 351 g/mol. The molecule has 0 N–H and O–H groups in total. The summed E-state index contributed by atoms with van der Waals surface area (Å²) in [6, 6.07) is 4.30. The first-order chi connectivity index (χ1) is 12.7. The highest BCUT2D eigenvalue weighted by molar-refractivity contribution is 5.86. The Hall–Kier alpha value is -2.77. The number of nitrogens with zero attached hydrogens (tertiary/aromatic N) is 7. The van der Waals surface area contributed by atoms with Gasteiger partial charge >= 0.3 is 5.69 Å². The Morgan fingerprint density at radius 3 is 2.65 bits per heavy atom. The van der Waals surface area contributed by atoms with Gasteiger partial charge in [-0.3, -0.25) is 4.57 Å². The van der Waals surface area contributed by atoms with Gasteiger partial charge in [0.05, 0.1) is 5.39 Å². The Balaban J connectivity index is 1.40. The van der Waals surface area contributed by atoms with Gasteiger partial charge in [0.2, 0.25) is 0 Å². The van der Waals surface area contributed by atoms with Crippen LogP contribution in [0.3, 0.4) is 0 Å². The third kappa shape index (κ3) is 2.48. The second-order valence-electron chi connectivity index (χ2n) is 7.20. The van der Waals surface area contributed by atoms with Crippen molar-refractivity contribution in [3.63, 3.8) is 0 Å². The molecule has 2 aliphatic rings. The standard InChI is InChI=1S/C18H21N7O/c1-23-18(26)25(13-4-5-13)16(22-23)12-6-9-24(10-7-12)17-14-3-2-8-19-15(14)20-11-21-17/h2-3,8,11-13H,4-7,9-10H2,1H3. The van der Waals surface area contributed by atoms with E-state index in [2.05, 4.69) is 25.0 Å². The average Bonchev–Trinajstić information content (AvgIpc) is 3.47. The number of aryl methyl sites for hydroxylation is 1. The average molecular weight is 351 g/mol. The molecule has 8 nitrogen and oxygen atoms in total. The molecule has 0 unspecified atom stereocenters. The summed E-state index contributed by atoms with van der Waals surface area (Å²) in [6.07, 6.45) is 7.46. The van der Waals surface area contributed by atoms with Crippen molar-refractivity contribution in [3.05, 3.63) is 41.0 Å². The van der Waals surface area contributed by atoms with Crippen molar-refractivity contribution in [3.8, 4) is 0 Å². The molecule has 0 radical (unpaired) electrons. The van der Waals surface area contributed by atoms with E-state index >= 15 is 0 Å². The Bertz CT molecular complexity index is 1010. The lowest BCUT2D eigenvalue weighted by molar-refractivity contribution is 0.461. The van der Waals surface area contributed by atoms with E-state index in [1.54, 1.807) is 19.6 Å². The fraction of sp³-hybridized carbons (Fsp3) is 0.500. The van der Waals surface area contributed by atoms with Crippen LogP contribution < -0.4 is 10.6 Å². The third-order valence-corrected chi connectivity index (χ3v) is 5.44. The van der Waals surface area contributed by atoms with Crippen LogP contribution >= 0.6 is 0 Å². The van der Waals surface area contributed by atoms with Gasteiger partial charge in [-0.15, -0.1) is 0 Å². The largest absolute Gasteiger partial charge is 0.356 e. The first kappa shape index (κ1) is 15.5. The van der Waals surface area contributed by atoms with Gasteiger partial charge in [-0.2, -0.15) is 5.10 Å². The lowest BCUT2D eigenvalue weighted by Crippen LogP contribution is -2.35. The van der Waals surface area contributed by atoms with Crippen LogP contribution in [-0.2, 0) is 7.05 Å². The number of rotatable bonds is 3. The van der Waals surface area contributed by atoms with Gasteiger partial charge in [0.25, 0.3) is 0 Å². The number of anilines is 1. The molecular weight excluding hydrogens is 330 g/mol. The first-order valence-corrected chi connectivity index (χ1v) is 9.18. The Labute approximate surface area is 150 Å². The minimum Gasteiger partial charge on any atom is -0.356 e. The summed E-state index contributed by atoms with van der Waals surface area (Å²) in [5.74, 6) is 2.24. The summed E-state index contributed by atoms with van der Waals surface area (Å²) >= 11 is 0. The smallest absolute Gasteiger partial charge is 0.345 e. The predicted octanol–water partition coefficient (Wildman–Crippen LogP) is 1.64. The van der Waals surface area contributed by atoms with Gasteiger partial charge in [-0.1, -0.05) is 0 Å². The lowest BCUT2D eigenvalue weighted by Gasteiger charge is -2.32. The molecule has 0 bridgehead atoms. The van der Waals surface area contributed by atoms with Crippen molar-refractivity contribution in [2.75, 3.05) is 18.0 Å². The van der Waals surface area contributed by atoms with E-state index in [0.717, 1.165) is 61.4 Å². The Morgan fingerprint density at radius 2 is 1.88 bits per heavy atom. The van der Waals surface area contributed by atoms with Crippen molar-refractivity contribution in [1.82, 2.24) is 29.3 Å². The molecule has 8 heteroatoms. The minimum absolute atomic E-state index is 0.0257. The van der Waals surface area contributed by atoms with Crippen LogP contribution in [0.2, 0.25) is 0 Å². The van der Waals surface area contributed by atoms with Crippen LogP contribution in [-0.4, -0.2) is 42.4 Å². The van der Waals surface area contributed by atoms with Gasteiger partial charge in [-0.25, -0.2) is 24.4 Å². The maximum Gasteiger partial charge on any atom is 0.345 e. The number of piperidine rings is 1. The van der Waals surface area contributed by atoms with E-state index in [1.165, 1.54) is 4.68 Å². The maximum atomic E-state index is 12.4. The van der Waals surface area contributed by atoms with Crippen LogP contribution in [0.4, 0.5) is 5.82 Å². The van der Waals surface area contributed by atoms with E-state index in [0.29, 0.717) is 12.0 Å². The van der Waals surface area contributed by atoms with Gasteiger partial charge in [0.15, 0.2) is 5.65 Å². The van der Waals surface area contributed by atoms with Crippen LogP contribution in [0.15, 0.2) is 29.5 Å². The molecule has 26 heavy (non-hydrogen) atoms. The summed E-state index contributed by atoms with van der Waals surface area (Å²) in [6.45, 7) is 1.78. The molecule has 0 amide bonds. The normalized spacial score (nSPS) is 18.6. The molecule has 1 aliphatic carbocycles. The quantitative estimate of drug-likeness (QED) is 0.713. The van der Waals surface area contributed by atoms with E-state index in [9.17, 15) is 4.79 Å². The molecule has 3 aromatic rings. The molecule has 5 rings (SSSR count). The third-order valence-electron chi connectivity index (χ3n) is 5.44.